The zero-order valence-electron chi connectivity index (χ0n) is 16.2. The van der Waals surface area contributed by atoms with E-state index in [0.29, 0.717) is 11.3 Å². The van der Waals surface area contributed by atoms with Gasteiger partial charge in [-0.15, -0.1) is 23.1 Å². The zero-order chi connectivity index (χ0) is 23.5. The minimum absolute atomic E-state index is 0. The molecule has 1 fully saturated rings. The molecule has 0 saturated carbocycles. The van der Waals surface area contributed by atoms with Crippen molar-refractivity contribution in [1.82, 2.24) is 15.2 Å². The fourth-order valence-corrected chi connectivity index (χ4v) is 4.51. The van der Waals surface area contributed by atoms with E-state index < -0.39 is 37.0 Å². The molecule has 18 heteroatoms. The van der Waals surface area contributed by atoms with Gasteiger partial charge in [-0.1, -0.05) is 17.8 Å². The predicted molar refractivity (Wildman–Crippen MR) is 107 cm³/mol. The monoisotopic (exact) mass is 515 g/mol. The first-order valence-corrected chi connectivity index (χ1v) is 11.4. The molecule has 2 aliphatic heterocycles. The number of allylic oxidation sites excluding steroid dienone is 1. The molecule has 3 rings (SSSR count). The van der Waals surface area contributed by atoms with Crippen LogP contribution in [0.15, 0.2) is 34.5 Å². The van der Waals surface area contributed by atoms with Crippen molar-refractivity contribution in [3.05, 3.63) is 35.0 Å². The van der Waals surface area contributed by atoms with Gasteiger partial charge in [-0.3, -0.25) is 19.1 Å². The largest absolute Gasteiger partial charge is 1.00 e. The van der Waals surface area contributed by atoms with Gasteiger partial charge in [0.15, 0.2) is 10.8 Å². The van der Waals surface area contributed by atoms with Crippen molar-refractivity contribution in [2.75, 3.05) is 11.5 Å². The van der Waals surface area contributed by atoms with Crippen LogP contribution in [0, 0.1) is 0 Å². The van der Waals surface area contributed by atoms with Crippen LogP contribution in [0.4, 0.5) is 5.13 Å². The van der Waals surface area contributed by atoms with Gasteiger partial charge in [0.1, 0.15) is 22.8 Å². The Morgan fingerprint density at radius 2 is 2.06 bits per heavy atom. The fourth-order valence-electron chi connectivity index (χ4n) is 2.62. The van der Waals surface area contributed by atoms with Crippen molar-refractivity contribution in [2.45, 2.75) is 11.4 Å². The summed E-state index contributed by atoms with van der Waals surface area (Å²) in [6.45, 7) is 3.56. The number of carbonyl (C=O) groups is 3. The quantitative estimate of drug-likeness (QED) is 0.0541. The smallest absolute Gasteiger partial charge is 0.756 e. The van der Waals surface area contributed by atoms with Gasteiger partial charge >= 0.3 is 35.5 Å². The van der Waals surface area contributed by atoms with Crippen LogP contribution in [0.5, 0.6) is 0 Å². The zero-order valence-corrected chi connectivity index (χ0v) is 20.8. The number of aromatic nitrogens is 1. The van der Waals surface area contributed by atoms with E-state index in [2.05, 4.69) is 22.0 Å². The molecule has 14 nitrogen and oxygen atoms in total. The van der Waals surface area contributed by atoms with Crippen LogP contribution < -0.4 is 45.5 Å². The fraction of sp³-hybridized carbons (Fsp3) is 0.214. The number of amides is 2. The van der Waals surface area contributed by atoms with E-state index in [4.69, 9.17) is 30.2 Å². The maximum absolute atomic E-state index is 12.4. The Kier molecular flexibility index (Phi) is 10.1. The Bertz CT molecular complexity index is 1030. The first-order chi connectivity index (χ1) is 14.4. The van der Waals surface area contributed by atoms with Crippen molar-refractivity contribution in [3.8, 4) is 0 Å². The van der Waals surface area contributed by atoms with Crippen molar-refractivity contribution in [1.29, 1.82) is 0 Å². The Balaban J connectivity index is 0.000000770. The number of nitrogens with two attached hydrogens (primary N) is 1. The standard InChI is InChI=1S/C14H13N5O5S2.Na.H3O4P/c1-2-5-3-25-12-8(11(21)19(12)9(5)13(22)23)17-10(20)7(18-24)6-4-26-14(15)16-6;;1-5(2,3)4/h2,4,8,12,24H,1,3H2,(H2,15,16)(H,17,20)(H,22,23);;(H3,1,2,3,4)/q;+1;/p-1/t8-,12-;;/m1../s1. The minimum Gasteiger partial charge on any atom is -0.756 e. The Labute approximate surface area is 210 Å². The molecule has 0 unspecified atom stereocenters. The van der Waals surface area contributed by atoms with Gasteiger partial charge < -0.3 is 36.0 Å². The van der Waals surface area contributed by atoms with Gasteiger partial charge in [0.2, 0.25) is 0 Å². The maximum atomic E-state index is 12.4. The molecule has 0 aliphatic carbocycles. The maximum Gasteiger partial charge on any atom is 1.00 e. The summed E-state index contributed by atoms with van der Waals surface area (Å²) in [7, 11) is -4.89. The number of phosphoric acid groups is 1. The summed E-state index contributed by atoms with van der Waals surface area (Å²) < 4.78 is 8.77. The normalized spacial score (nSPS) is 20.2. The molecule has 0 bridgehead atoms. The van der Waals surface area contributed by atoms with E-state index in [-0.39, 0.29) is 51.8 Å². The number of carboxylic acid groups (broad SMARTS) is 1. The molecule has 1 aromatic heterocycles. The Morgan fingerprint density at radius 1 is 1.47 bits per heavy atom. The molecular formula is C14H15N5NaO9PS2. The topological polar surface area (TPSA) is 239 Å². The SMILES string of the molecule is C=CC1=C(C(=O)O)N2C(=O)[C@@H](NC(=O)C(=NO)c3csc(N)n3)[C@H]2SC1.O=P([O-])(O)O.[Na+]. The summed E-state index contributed by atoms with van der Waals surface area (Å²) in [6.07, 6.45) is 1.40. The number of fused-ring (bicyclic) bond motifs is 1. The number of hydrogen-bond acceptors (Lipinski definition) is 11. The number of nitrogen functional groups attached to an aromatic ring is 1. The first-order valence-electron chi connectivity index (χ1n) is 7.93. The molecule has 2 aliphatic rings. The number of thiazole rings is 1. The minimum atomic E-state index is -4.89. The van der Waals surface area contributed by atoms with Crippen LogP contribution in [-0.4, -0.2) is 70.6 Å². The second kappa shape index (κ2) is 11.4. The number of carboxylic acids is 1. The second-order valence-electron chi connectivity index (χ2n) is 5.75. The van der Waals surface area contributed by atoms with Crippen molar-refractivity contribution >= 4 is 59.5 Å². The van der Waals surface area contributed by atoms with Gasteiger partial charge in [0.25, 0.3) is 19.6 Å². The molecule has 1 saturated heterocycles. The van der Waals surface area contributed by atoms with Crippen molar-refractivity contribution in [3.63, 3.8) is 0 Å². The van der Waals surface area contributed by atoms with Gasteiger partial charge in [0.05, 0.1) is 0 Å². The summed E-state index contributed by atoms with van der Waals surface area (Å²) in [4.78, 5) is 64.1. The number of carbonyl (C=O) groups excluding carboxylic acids is 2. The second-order valence-corrected chi connectivity index (χ2v) is 8.73. The van der Waals surface area contributed by atoms with Gasteiger partial charge in [-0.05, 0) is 5.57 Å². The molecule has 7 N–H and O–H groups in total. The first kappa shape index (κ1) is 28.3. The molecular weight excluding hydrogens is 500 g/mol. The van der Waals surface area contributed by atoms with E-state index in [1.54, 1.807) is 0 Å². The van der Waals surface area contributed by atoms with E-state index in [1.807, 2.05) is 0 Å². The van der Waals surface area contributed by atoms with Crippen LogP contribution >= 0.6 is 30.9 Å². The van der Waals surface area contributed by atoms with E-state index in [1.165, 1.54) is 23.2 Å². The average Bonchev–Trinajstić information content (AvgIpc) is 3.09. The van der Waals surface area contributed by atoms with E-state index in [9.17, 15) is 19.5 Å². The van der Waals surface area contributed by atoms with Crippen molar-refractivity contribution < 1.29 is 73.5 Å². The third-order valence-corrected chi connectivity index (χ3v) is 5.79. The molecule has 0 spiro atoms. The third kappa shape index (κ3) is 6.63. The Morgan fingerprint density at radius 3 is 2.50 bits per heavy atom. The number of thioether (sulfide) groups is 1. The van der Waals surface area contributed by atoms with Crippen LogP contribution in [0.25, 0.3) is 0 Å². The van der Waals surface area contributed by atoms with E-state index >= 15 is 0 Å². The number of nitrogens with one attached hydrogen (secondary N) is 1. The van der Waals surface area contributed by atoms with Crippen LogP contribution in [0.3, 0.4) is 0 Å². The summed E-state index contributed by atoms with van der Waals surface area (Å²) in [6, 6.07) is -0.944. The third-order valence-electron chi connectivity index (χ3n) is 3.81. The number of nitrogens with zero attached hydrogens (tertiary/aromatic N) is 3. The van der Waals surface area contributed by atoms with Crippen LogP contribution in [0.2, 0.25) is 0 Å². The Hall–Kier alpha value is -1.75. The van der Waals surface area contributed by atoms with Gasteiger partial charge in [-0.2, -0.15) is 0 Å². The summed E-state index contributed by atoms with van der Waals surface area (Å²) in [5.41, 5.74) is 5.49. The average molecular weight is 515 g/mol. The number of β-lactam (4-membered cyclic amide) rings is 1. The predicted octanol–water partition coefficient (Wildman–Crippen LogP) is -4.73. The molecule has 3 heterocycles. The van der Waals surface area contributed by atoms with Crippen molar-refractivity contribution in [2.24, 2.45) is 5.16 Å². The number of oxime groups is 1. The summed E-state index contributed by atoms with van der Waals surface area (Å²) in [5.74, 6) is -2.27. The van der Waals surface area contributed by atoms with E-state index in [0.717, 1.165) is 16.2 Å². The number of anilines is 1. The van der Waals surface area contributed by atoms with Crippen LogP contribution in [-0.2, 0) is 18.9 Å². The molecule has 1 aromatic rings. The number of rotatable bonds is 5. The molecule has 0 aromatic carbocycles. The number of aliphatic carboxylic acids is 1. The molecule has 168 valence electrons. The number of hydrogen-bond donors (Lipinski definition) is 6. The summed E-state index contributed by atoms with van der Waals surface area (Å²) >= 11 is 2.37. The van der Waals surface area contributed by atoms with Gasteiger partial charge in [-0.25, -0.2) is 9.78 Å². The molecule has 32 heavy (non-hydrogen) atoms. The summed E-state index contributed by atoms with van der Waals surface area (Å²) in [5, 5.41) is 24.9. The molecule has 0 radical (unpaired) electrons. The van der Waals surface area contributed by atoms with Gasteiger partial charge in [0, 0.05) is 11.1 Å². The molecule has 2 atom stereocenters. The molecule has 2 amide bonds. The van der Waals surface area contributed by atoms with Crippen LogP contribution in [0.1, 0.15) is 5.69 Å².